The summed E-state index contributed by atoms with van der Waals surface area (Å²) in [5.74, 6) is -0.570. The molecule has 0 spiro atoms. The van der Waals surface area contributed by atoms with E-state index in [2.05, 4.69) is 20.5 Å². The molecule has 5 rings (SSSR count). The predicted molar refractivity (Wildman–Crippen MR) is 125 cm³/mol. The van der Waals surface area contributed by atoms with E-state index < -0.39 is 17.8 Å². The van der Waals surface area contributed by atoms with Crippen LogP contribution in [0.25, 0.3) is 27.7 Å². The molecule has 0 aliphatic heterocycles. The summed E-state index contributed by atoms with van der Waals surface area (Å²) in [6, 6.07) is 13.7. The Morgan fingerprint density at radius 3 is 2.57 bits per heavy atom. The minimum atomic E-state index is -4.70. The summed E-state index contributed by atoms with van der Waals surface area (Å²) in [4.78, 5) is 17.5. The van der Waals surface area contributed by atoms with Gasteiger partial charge < -0.3 is 5.32 Å². The number of nitrogens with zero attached hydrogens (tertiary/aromatic N) is 5. The highest BCUT2D eigenvalue weighted by atomic mass is 19.4. The zero-order valence-corrected chi connectivity index (χ0v) is 19.0. The second-order valence-electron chi connectivity index (χ2n) is 8.10. The van der Waals surface area contributed by atoms with Crippen molar-refractivity contribution in [1.29, 1.82) is 0 Å². The second-order valence-corrected chi connectivity index (χ2v) is 8.10. The van der Waals surface area contributed by atoms with E-state index in [1.807, 2.05) is 44.2 Å². The lowest BCUT2D eigenvalue weighted by Gasteiger charge is -2.13. The fraction of sp³-hybridized carbons (Fsp3) is 0.200. The first-order valence-electron chi connectivity index (χ1n) is 11.0. The predicted octanol–water partition coefficient (Wildman–Crippen LogP) is 5.02. The molecule has 7 nitrogen and oxygen atoms in total. The van der Waals surface area contributed by atoms with Crippen LogP contribution in [0.4, 0.5) is 13.2 Å². The molecule has 0 aliphatic rings. The van der Waals surface area contributed by atoms with E-state index >= 15 is 0 Å². The largest absolute Gasteiger partial charge is 0.433 e. The fourth-order valence-corrected chi connectivity index (χ4v) is 4.16. The number of benzene rings is 2. The van der Waals surface area contributed by atoms with Crippen molar-refractivity contribution in [2.45, 2.75) is 33.1 Å². The van der Waals surface area contributed by atoms with Gasteiger partial charge in [-0.1, -0.05) is 42.5 Å². The Kier molecular flexibility index (Phi) is 5.50. The molecule has 10 heteroatoms. The van der Waals surface area contributed by atoms with Gasteiger partial charge in [-0.05, 0) is 30.7 Å². The quantitative estimate of drug-likeness (QED) is 0.385. The smallest absolute Gasteiger partial charge is 0.348 e. The van der Waals surface area contributed by atoms with Gasteiger partial charge in [0.25, 0.3) is 5.91 Å². The zero-order valence-electron chi connectivity index (χ0n) is 19.0. The summed E-state index contributed by atoms with van der Waals surface area (Å²) in [6.07, 6.45) is -1.93. The summed E-state index contributed by atoms with van der Waals surface area (Å²) in [5.41, 5.74) is 1.15. The SMILES string of the molecule is CCn1ncc(CNC(=O)c2cnn3c(C(F)(F)F)cc(-c4cccc5ccccc45)nc23)c1C. The van der Waals surface area contributed by atoms with E-state index in [0.717, 1.165) is 34.3 Å². The van der Waals surface area contributed by atoms with Crippen molar-refractivity contribution in [3.63, 3.8) is 0 Å². The number of hydrogen-bond acceptors (Lipinski definition) is 4. The third-order valence-electron chi connectivity index (χ3n) is 6.02. The van der Waals surface area contributed by atoms with E-state index in [1.54, 1.807) is 23.0 Å². The van der Waals surface area contributed by atoms with Crippen LogP contribution in [0.2, 0.25) is 0 Å². The van der Waals surface area contributed by atoms with E-state index in [9.17, 15) is 18.0 Å². The normalized spacial score (nSPS) is 11.9. The number of carbonyl (C=O) groups is 1. The number of amides is 1. The minimum absolute atomic E-state index is 0.0434. The summed E-state index contributed by atoms with van der Waals surface area (Å²) in [6.45, 7) is 4.71. The van der Waals surface area contributed by atoms with Gasteiger partial charge in [0.1, 0.15) is 5.56 Å². The molecule has 0 saturated heterocycles. The number of rotatable bonds is 5. The Hall–Kier alpha value is -4.21. The number of nitrogens with one attached hydrogen (secondary N) is 1. The van der Waals surface area contributed by atoms with Gasteiger partial charge in [-0.3, -0.25) is 9.48 Å². The van der Waals surface area contributed by atoms with Crippen molar-refractivity contribution in [3.8, 4) is 11.3 Å². The van der Waals surface area contributed by atoms with Crippen molar-refractivity contribution in [1.82, 2.24) is 29.7 Å². The summed E-state index contributed by atoms with van der Waals surface area (Å²) >= 11 is 0. The van der Waals surface area contributed by atoms with Crippen LogP contribution in [0.5, 0.6) is 0 Å². The van der Waals surface area contributed by atoms with Crippen molar-refractivity contribution < 1.29 is 18.0 Å². The van der Waals surface area contributed by atoms with Crippen LogP contribution in [0.3, 0.4) is 0 Å². The third kappa shape index (κ3) is 4.01. The van der Waals surface area contributed by atoms with Gasteiger partial charge in [-0.15, -0.1) is 0 Å². The van der Waals surface area contributed by atoms with Crippen molar-refractivity contribution in [2.24, 2.45) is 0 Å². The molecule has 0 unspecified atom stereocenters. The fourth-order valence-electron chi connectivity index (χ4n) is 4.16. The number of fused-ring (bicyclic) bond motifs is 2. The highest BCUT2D eigenvalue weighted by Gasteiger charge is 2.36. The Morgan fingerprint density at radius 2 is 1.83 bits per heavy atom. The molecule has 3 heterocycles. The first kappa shape index (κ1) is 22.6. The number of aromatic nitrogens is 5. The molecule has 178 valence electrons. The lowest BCUT2D eigenvalue weighted by molar-refractivity contribution is -0.142. The second kappa shape index (κ2) is 8.53. The van der Waals surface area contributed by atoms with Crippen LogP contribution in [0.1, 0.15) is 34.2 Å². The van der Waals surface area contributed by atoms with Gasteiger partial charge in [0.2, 0.25) is 0 Å². The maximum atomic E-state index is 14.0. The minimum Gasteiger partial charge on any atom is -0.348 e. The first-order valence-corrected chi connectivity index (χ1v) is 11.0. The van der Waals surface area contributed by atoms with Crippen molar-refractivity contribution in [3.05, 3.63) is 83.4 Å². The van der Waals surface area contributed by atoms with Crippen LogP contribution in [0, 0.1) is 6.92 Å². The average Bonchev–Trinajstić information content (AvgIpc) is 3.44. The van der Waals surface area contributed by atoms with Crippen LogP contribution in [-0.2, 0) is 19.3 Å². The van der Waals surface area contributed by atoms with Gasteiger partial charge in [0, 0.05) is 29.9 Å². The molecule has 2 aromatic carbocycles. The van der Waals surface area contributed by atoms with Crippen molar-refractivity contribution >= 4 is 22.3 Å². The molecule has 1 N–H and O–H groups in total. The molecule has 0 fully saturated rings. The summed E-state index contributed by atoms with van der Waals surface area (Å²) in [5, 5.41) is 12.5. The molecule has 3 aromatic heterocycles. The Morgan fingerprint density at radius 1 is 1.06 bits per heavy atom. The third-order valence-corrected chi connectivity index (χ3v) is 6.02. The van der Waals surface area contributed by atoms with Gasteiger partial charge in [0.05, 0.1) is 18.1 Å². The van der Waals surface area contributed by atoms with Gasteiger partial charge in [-0.2, -0.15) is 23.4 Å². The highest BCUT2D eigenvalue weighted by molar-refractivity contribution is 6.00. The lowest BCUT2D eigenvalue weighted by atomic mass is 10.0. The van der Waals surface area contributed by atoms with Gasteiger partial charge in [0.15, 0.2) is 11.3 Å². The average molecular weight is 478 g/mol. The highest BCUT2D eigenvalue weighted by Crippen LogP contribution is 2.34. The standard InChI is InChI=1S/C25H21F3N6O/c1-3-33-15(2)17(13-30-33)12-29-24(35)20-14-31-34-22(25(26,27)28)11-21(32-23(20)34)19-10-6-8-16-7-4-5-9-18(16)19/h4-11,13-14H,3,12H2,1-2H3,(H,29,35). The van der Waals surface area contributed by atoms with Gasteiger partial charge >= 0.3 is 6.18 Å². The monoisotopic (exact) mass is 478 g/mol. The molecule has 1 amide bonds. The lowest BCUT2D eigenvalue weighted by Crippen LogP contribution is -2.23. The molecule has 0 bridgehead atoms. The van der Waals surface area contributed by atoms with E-state index in [4.69, 9.17) is 0 Å². The Labute approximate surface area is 198 Å². The Balaban J connectivity index is 1.59. The van der Waals surface area contributed by atoms with Crippen LogP contribution in [-0.4, -0.2) is 30.3 Å². The molecular formula is C25H21F3N6O. The summed E-state index contributed by atoms with van der Waals surface area (Å²) < 4.78 is 44.4. The number of alkyl halides is 3. The van der Waals surface area contributed by atoms with E-state index in [1.165, 1.54) is 0 Å². The molecule has 0 aliphatic carbocycles. The molecule has 0 atom stereocenters. The van der Waals surface area contributed by atoms with Crippen LogP contribution < -0.4 is 5.32 Å². The topological polar surface area (TPSA) is 77.1 Å². The molecule has 35 heavy (non-hydrogen) atoms. The molecule has 0 radical (unpaired) electrons. The van der Waals surface area contributed by atoms with Gasteiger partial charge in [-0.25, -0.2) is 9.50 Å². The molecule has 5 aromatic rings. The molecular weight excluding hydrogens is 457 g/mol. The maximum Gasteiger partial charge on any atom is 0.433 e. The number of halogens is 3. The van der Waals surface area contributed by atoms with E-state index in [0.29, 0.717) is 16.6 Å². The zero-order chi connectivity index (χ0) is 24.7. The Bertz CT molecular complexity index is 1560. The number of carbonyl (C=O) groups excluding carboxylic acids is 1. The van der Waals surface area contributed by atoms with E-state index in [-0.39, 0.29) is 23.4 Å². The van der Waals surface area contributed by atoms with Crippen molar-refractivity contribution in [2.75, 3.05) is 0 Å². The van der Waals surface area contributed by atoms with Crippen LogP contribution >= 0.6 is 0 Å². The maximum absolute atomic E-state index is 14.0. The van der Waals surface area contributed by atoms with Crippen LogP contribution in [0.15, 0.2) is 60.9 Å². The summed E-state index contributed by atoms with van der Waals surface area (Å²) in [7, 11) is 0. The molecule has 0 saturated carbocycles. The number of aryl methyl sites for hydroxylation is 1. The number of hydrogen-bond donors (Lipinski definition) is 1. The first-order chi connectivity index (χ1) is 16.8.